The van der Waals surface area contributed by atoms with Gasteiger partial charge in [-0.25, -0.2) is 0 Å². The summed E-state index contributed by atoms with van der Waals surface area (Å²) in [4.78, 5) is 0. The second-order valence-corrected chi connectivity index (χ2v) is 5.34. The molecule has 3 rings (SSSR count). The average Bonchev–Trinajstić information content (AvgIpc) is 2.54. The monoisotopic (exact) mass is 294 g/mol. The molecule has 0 amide bonds. The van der Waals surface area contributed by atoms with Crippen LogP contribution in [0.25, 0.3) is 16.5 Å². The van der Waals surface area contributed by atoms with E-state index in [1.54, 1.807) is 14.2 Å². The van der Waals surface area contributed by atoms with Gasteiger partial charge in [0.05, 0.1) is 19.6 Å². The minimum Gasteiger partial charge on any atom is -0.493 e. The molecule has 0 N–H and O–H groups in total. The van der Waals surface area contributed by atoms with Gasteiger partial charge in [-0.15, -0.1) is 0 Å². The van der Waals surface area contributed by atoms with Crippen LogP contribution in [-0.2, 0) is 0 Å². The third-order valence-electron chi connectivity index (χ3n) is 4.01. The number of nitrogens with zero attached hydrogens (tertiary/aromatic N) is 1. The van der Waals surface area contributed by atoms with E-state index in [9.17, 15) is 0 Å². The molecular formula is C19H20NO2+. The topological polar surface area (TPSA) is 22.3 Å². The van der Waals surface area contributed by atoms with E-state index in [2.05, 4.69) is 48.7 Å². The molecule has 0 fully saturated rings. The van der Waals surface area contributed by atoms with Gasteiger partial charge in [0.1, 0.15) is 0 Å². The molecule has 3 aromatic rings. The highest BCUT2D eigenvalue weighted by Gasteiger charge is 2.19. The van der Waals surface area contributed by atoms with Crippen molar-refractivity contribution in [2.24, 2.45) is 0 Å². The predicted molar refractivity (Wildman–Crippen MR) is 88.1 cm³/mol. The minimum absolute atomic E-state index is 0.751. The van der Waals surface area contributed by atoms with Crippen molar-refractivity contribution in [3.8, 4) is 17.2 Å². The molecule has 0 radical (unpaired) electrons. The Morgan fingerprint density at radius 1 is 0.818 bits per heavy atom. The van der Waals surface area contributed by atoms with E-state index in [0.717, 1.165) is 28.0 Å². The number of pyridine rings is 1. The highest BCUT2D eigenvalue weighted by atomic mass is 16.5. The summed E-state index contributed by atoms with van der Waals surface area (Å²) in [6, 6.07) is 16.6. The van der Waals surface area contributed by atoms with Gasteiger partial charge in [0.2, 0.25) is 5.69 Å². The lowest BCUT2D eigenvalue weighted by molar-refractivity contribution is -0.607. The van der Waals surface area contributed by atoms with Crippen molar-refractivity contribution in [1.29, 1.82) is 0 Å². The Labute approximate surface area is 130 Å². The van der Waals surface area contributed by atoms with Gasteiger partial charge < -0.3 is 9.47 Å². The molecule has 0 bridgehead atoms. The summed E-state index contributed by atoms with van der Waals surface area (Å²) in [6.45, 7) is 4.25. The lowest BCUT2D eigenvalue weighted by atomic mass is 10.1. The number of fused-ring (bicyclic) bond motifs is 1. The van der Waals surface area contributed by atoms with E-state index in [1.165, 1.54) is 11.4 Å². The molecule has 0 saturated carbocycles. The molecular weight excluding hydrogens is 274 g/mol. The van der Waals surface area contributed by atoms with Gasteiger partial charge in [-0.05, 0) is 17.5 Å². The first-order chi connectivity index (χ1) is 10.7. The van der Waals surface area contributed by atoms with Crippen LogP contribution in [0, 0.1) is 13.8 Å². The molecule has 0 aliphatic rings. The van der Waals surface area contributed by atoms with Crippen LogP contribution < -0.4 is 14.0 Å². The highest BCUT2D eigenvalue weighted by molar-refractivity contribution is 5.87. The van der Waals surface area contributed by atoms with Crippen LogP contribution in [0.3, 0.4) is 0 Å². The molecule has 0 aliphatic heterocycles. The fraction of sp³-hybridized carbons (Fsp3) is 0.211. The maximum absolute atomic E-state index is 5.44. The first-order valence-corrected chi connectivity index (χ1v) is 7.29. The van der Waals surface area contributed by atoms with Gasteiger partial charge in [-0.2, -0.15) is 4.57 Å². The number of hydrogen-bond acceptors (Lipinski definition) is 2. The molecule has 0 spiro atoms. The van der Waals surface area contributed by atoms with Crippen LogP contribution in [0.5, 0.6) is 11.5 Å². The van der Waals surface area contributed by atoms with E-state index in [1.807, 2.05) is 18.2 Å². The molecule has 22 heavy (non-hydrogen) atoms. The van der Waals surface area contributed by atoms with Gasteiger partial charge in [-0.3, -0.25) is 0 Å². The van der Waals surface area contributed by atoms with Crippen molar-refractivity contribution in [3.63, 3.8) is 0 Å². The second-order valence-electron chi connectivity index (χ2n) is 5.34. The molecule has 112 valence electrons. The van der Waals surface area contributed by atoms with Crippen molar-refractivity contribution in [2.75, 3.05) is 14.2 Å². The number of para-hydroxylation sites is 1. The van der Waals surface area contributed by atoms with Crippen LogP contribution in [0.15, 0.2) is 48.5 Å². The van der Waals surface area contributed by atoms with E-state index in [-0.39, 0.29) is 0 Å². The SMILES string of the molecule is COc1cc2cc(C)[n+](-c3ccccc3)c(C)c2cc1OC. The number of methoxy groups -OCH3 is 2. The van der Waals surface area contributed by atoms with Crippen LogP contribution >= 0.6 is 0 Å². The fourth-order valence-electron chi connectivity index (χ4n) is 2.98. The lowest BCUT2D eigenvalue weighted by Gasteiger charge is -2.11. The van der Waals surface area contributed by atoms with Crippen molar-refractivity contribution in [3.05, 3.63) is 59.9 Å². The smallest absolute Gasteiger partial charge is 0.211 e. The van der Waals surface area contributed by atoms with Gasteiger partial charge in [0.25, 0.3) is 0 Å². The largest absolute Gasteiger partial charge is 0.493 e. The molecule has 0 saturated heterocycles. The van der Waals surface area contributed by atoms with Crippen LogP contribution in [0.2, 0.25) is 0 Å². The summed E-state index contributed by atoms with van der Waals surface area (Å²) >= 11 is 0. The van der Waals surface area contributed by atoms with Crippen molar-refractivity contribution in [2.45, 2.75) is 13.8 Å². The standard InChI is InChI=1S/C19H20NO2/c1-13-10-15-11-18(21-3)19(22-4)12-17(15)14(2)20(13)16-8-6-5-7-9-16/h5-12H,1-4H3/q+1. The third kappa shape index (κ3) is 2.29. The normalized spacial score (nSPS) is 10.7. The summed E-state index contributed by atoms with van der Waals surface area (Å²) < 4.78 is 13.1. The molecule has 2 aromatic carbocycles. The van der Waals surface area contributed by atoms with Crippen LogP contribution in [-0.4, -0.2) is 14.2 Å². The maximum Gasteiger partial charge on any atom is 0.211 e. The van der Waals surface area contributed by atoms with E-state index < -0.39 is 0 Å². The Kier molecular flexibility index (Phi) is 3.72. The quantitative estimate of drug-likeness (QED) is 0.686. The number of ether oxygens (including phenoxy) is 2. The number of aryl methyl sites for hydroxylation is 2. The van der Waals surface area contributed by atoms with E-state index >= 15 is 0 Å². The summed E-state index contributed by atoms with van der Waals surface area (Å²) in [6.07, 6.45) is 0. The molecule has 0 atom stereocenters. The van der Waals surface area contributed by atoms with Crippen LogP contribution in [0.1, 0.15) is 11.4 Å². The zero-order chi connectivity index (χ0) is 15.7. The predicted octanol–water partition coefficient (Wildman–Crippen LogP) is 3.75. The summed E-state index contributed by atoms with van der Waals surface area (Å²) in [5, 5.41) is 2.31. The first kappa shape index (κ1) is 14.4. The lowest BCUT2D eigenvalue weighted by Crippen LogP contribution is -2.37. The molecule has 0 unspecified atom stereocenters. The number of hydrogen-bond donors (Lipinski definition) is 0. The van der Waals surface area contributed by atoms with Gasteiger partial charge >= 0.3 is 0 Å². The second kappa shape index (κ2) is 5.68. The Bertz CT molecular complexity index is 826. The third-order valence-corrected chi connectivity index (χ3v) is 4.01. The molecule has 1 aromatic heterocycles. The van der Waals surface area contributed by atoms with Gasteiger partial charge in [0, 0.05) is 32.0 Å². The van der Waals surface area contributed by atoms with E-state index in [4.69, 9.17) is 9.47 Å². The number of benzene rings is 2. The molecule has 0 aliphatic carbocycles. The molecule has 3 nitrogen and oxygen atoms in total. The van der Waals surface area contributed by atoms with Crippen LogP contribution in [0.4, 0.5) is 0 Å². The van der Waals surface area contributed by atoms with Gasteiger partial charge in [-0.1, -0.05) is 18.2 Å². The Balaban J connectivity index is 2.33. The maximum atomic E-state index is 5.44. The Morgan fingerprint density at radius 3 is 2.09 bits per heavy atom. The number of rotatable bonds is 3. The van der Waals surface area contributed by atoms with Gasteiger partial charge in [0.15, 0.2) is 22.9 Å². The summed E-state index contributed by atoms with van der Waals surface area (Å²) in [5.74, 6) is 1.51. The molecule has 1 heterocycles. The average molecular weight is 294 g/mol. The Hall–Kier alpha value is -2.55. The zero-order valence-electron chi connectivity index (χ0n) is 13.4. The highest BCUT2D eigenvalue weighted by Crippen LogP contribution is 2.33. The minimum atomic E-state index is 0.751. The zero-order valence-corrected chi connectivity index (χ0v) is 13.4. The number of aromatic nitrogens is 1. The summed E-state index contributed by atoms with van der Waals surface area (Å²) in [7, 11) is 3.33. The van der Waals surface area contributed by atoms with Crippen molar-refractivity contribution >= 4 is 10.8 Å². The fourth-order valence-corrected chi connectivity index (χ4v) is 2.98. The van der Waals surface area contributed by atoms with Crippen molar-refractivity contribution in [1.82, 2.24) is 0 Å². The Morgan fingerprint density at radius 2 is 1.45 bits per heavy atom. The molecule has 3 heteroatoms. The van der Waals surface area contributed by atoms with E-state index in [0.29, 0.717) is 0 Å². The summed E-state index contributed by atoms with van der Waals surface area (Å²) in [5.41, 5.74) is 3.53. The first-order valence-electron chi connectivity index (χ1n) is 7.29. The van der Waals surface area contributed by atoms with Crippen molar-refractivity contribution < 1.29 is 14.0 Å².